The highest BCUT2D eigenvalue weighted by Gasteiger charge is 2.38. The molecule has 1 saturated carbocycles. The zero-order valence-electron chi connectivity index (χ0n) is 14.9. The molecule has 0 amide bonds. The van der Waals surface area contributed by atoms with E-state index in [-0.39, 0.29) is 31.4 Å². The van der Waals surface area contributed by atoms with Gasteiger partial charge in [-0.2, -0.15) is 8.61 Å². The average Bonchev–Trinajstić information content (AvgIpc) is 3.33. The number of piperazine rings is 1. The van der Waals surface area contributed by atoms with Crippen molar-refractivity contribution < 1.29 is 16.8 Å². The number of benzene rings is 1. The van der Waals surface area contributed by atoms with Gasteiger partial charge in [0.15, 0.2) is 0 Å². The van der Waals surface area contributed by atoms with Gasteiger partial charge in [-0.1, -0.05) is 18.9 Å². The van der Waals surface area contributed by atoms with Crippen LogP contribution in [0.2, 0.25) is 0 Å². The summed E-state index contributed by atoms with van der Waals surface area (Å²) in [4.78, 5) is 0.338. The van der Waals surface area contributed by atoms with E-state index in [1.807, 2.05) is 6.07 Å². The molecule has 0 bridgehead atoms. The zero-order chi connectivity index (χ0) is 18.4. The first-order valence-electron chi connectivity index (χ1n) is 9.50. The maximum atomic E-state index is 13.0. The lowest BCUT2D eigenvalue weighted by molar-refractivity contribution is 0.270. The third-order valence-electron chi connectivity index (χ3n) is 5.99. The van der Waals surface area contributed by atoms with Crippen LogP contribution < -0.4 is 0 Å². The van der Waals surface area contributed by atoms with Crippen LogP contribution in [0, 0.1) is 0 Å². The highest BCUT2D eigenvalue weighted by Crippen LogP contribution is 2.29. The molecule has 1 saturated heterocycles. The fourth-order valence-corrected chi connectivity index (χ4v) is 7.92. The quantitative estimate of drug-likeness (QED) is 0.774. The van der Waals surface area contributed by atoms with Gasteiger partial charge in [0, 0.05) is 26.2 Å². The number of rotatable bonds is 4. The van der Waals surface area contributed by atoms with E-state index >= 15 is 0 Å². The summed E-state index contributed by atoms with van der Waals surface area (Å²) in [5.41, 5.74) is 2.38. The molecule has 3 aliphatic rings. The number of hydrogen-bond acceptors (Lipinski definition) is 4. The summed E-state index contributed by atoms with van der Waals surface area (Å²) in [6.07, 6.45) is 6.44. The second-order valence-corrected chi connectivity index (χ2v) is 11.7. The summed E-state index contributed by atoms with van der Waals surface area (Å²) < 4.78 is 54.2. The van der Waals surface area contributed by atoms with Crippen LogP contribution in [-0.2, 0) is 32.9 Å². The normalized spacial score (nSPS) is 23.4. The van der Waals surface area contributed by atoms with Gasteiger partial charge >= 0.3 is 0 Å². The monoisotopic (exact) mass is 398 g/mol. The molecular weight excluding hydrogens is 372 g/mol. The Bertz CT molecular complexity index is 882. The number of aryl methyl sites for hydroxylation is 2. The Hall–Kier alpha value is -0.960. The van der Waals surface area contributed by atoms with Crippen LogP contribution in [0.3, 0.4) is 0 Å². The van der Waals surface area contributed by atoms with Gasteiger partial charge < -0.3 is 0 Å². The van der Waals surface area contributed by atoms with Crippen molar-refractivity contribution in [1.82, 2.24) is 8.61 Å². The van der Waals surface area contributed by atoms with Gasteiger partial charge in [-0.15, -0.1) is 0 Å². The van der Waals surface area contributed by atoms with Crippen LogP contribution >= 0.6 is 0 Å². The molecule has 2 aliphatic carbocycles. The van der Waals surface area contributed by atoms with Crippen molar-refractivity contribution in [2.75, 3.05) is 26.2 Å². The van der Waals surface area contributed by atoms with Crippen molar-refractivity contribution >= 4 is 20.0 Å². The van der Waals surface area contributed by atoms with E-state index in [4.69, 9.17) is 0 Å². The molecule has 8 heteroatoms. The molecule has 1 heterocycles. The van der Waals surface area contributed by atoms with Crippen molar-refractivity contribution in [3.8, 4) is 0 Å². The SMILES string of the molecule is O=S(=O)(c1ccc2c(c1)CCC2)N1CCN(S(=O)(=O)C2CCCC2)CC1. The van der Waals surface area contributed by atoms with E-state index < -0.39 is 20.0 Å². The van der Waals surface area contributed by atoms with Crippen molar-refractivity contribution in [1.29, 1.82) is 0 Å². The third-order valence-corrected chi connectivity index (χ3v) is 10.3. The van der Waals surface area contributed by atoms with Crippen molar-refractivity contribution in [2.24, 2.45) is 0 Å². The topological polar surface area (TPSA) is 74.8 Å². The fraction of sp³-hybridized carbons (Fsp3) is 0.667. The molecular formula is C18H26N2O4S2. The van der Waals surface area contributed by atoms with Gasteiger partial charge in [0.05, 0.1) is 10.1 Å². The lowest BCUT2D eigenvalue weighted by Crippen LogP contribution is -2.52. The Morgan fingerprint density at radius 3 is 2.08 bits per heavy atom. The number of fused-ring (bicyclic) bond motifs is 1. The minimum atomic E-state index is -3.56. The van der Waals surface area contributed by atoms with E-state index in [9.17, 15) is 16.8 Å². The van der Waals surface area contributed by atoms with Crippen LogP contribution in [0.25, 0.3) is 0 Å². The lowest BCUT2D eigenvalue weighted by atomic mass is 10.1. The van der Waals surface area contributed by atoms with Crippen molar-refractivity contribution in [2.45, 2.75) is 55.1 Å². The van der Waals surface area contributed by atoms with E-state index in [0.717, 1.165) is 50.5 Å². The molecule has 2 fully saturated rings. The van der Waals surface area contributed by atoms with Gasteiger partial charge in [0.25, 0.3) is 0 Å². The van der Waals surface area contributed by atoms with Crippen molar-refractivity contribution in [3.63, 3.8) is 0 Å². The Balaban J connectivity index is 1.47. The first-order chi connectivity index (χ1) is 12.4. The van der Waals surface area contributed by atoms with Crippen LogP contribution in [0.4, 0.5) is 0 Å². The van der Waals surface area contributed by atoms with Crippen LogP contribution in [0.5, 0.6) is 0 Å². The molecule has 1 aromatic carbocycles. The molecule has 0 unspecified atom stereocenters. The summed E-state index contributed by atoms with van der Waals surface area (Å²) in [6, 6.07) is 5.43. The van der Waals surface area contributed by atoms with Gasteiger partial charge in [-0.25, -0.2) is 16.8 Å². The highest BCUT2D eigenvalue weighted by molar-refractivity contribution is 7.90. The molecule has 144 valence electrons. The summed E-state index contributed by atoms with van der Waals surface area (Å²) in [6.45, 7) is 0.961. The van der Waals surface area contributed by atoms with Gasteiger partial charge in [0.1, 0.15) is 0 Å². The predicted molar refractivity (Wildman–Crippen MR) is 100.0 cm³/mol. The first-order valence-corrected chi connectivity index (χ1v) is 12.4. The predicted octanol–water partition coefficient (Wildman–Crippen LogP) is 1.75. The maximum absolute atomic E-state index is 13.0. The lowest BCUT2D eigenvalue weighted by Gasteiger charge is -2.34. The molecule has 1 aliphatic heterocycles. The minimum Gasteiger partial charge on any atom is -0.212 e. The maximum Gasteiger partial charge on any atom is 0.243 e. The zero-order valence-corrected chi connectivity index (χ0v) is 16.6. The summed E-state index contributed by atoms with van der Waals surface area (Å²) in [7, 11) is -6.85. The minimum absolute atomic E-state index is 0.228. The van der Waals surface area contributed by atoms with Crippen LogP contribution in [0.15, 0.2) is 23.1 Å². The molecule has 0 spiro atoms. The Morgan fingerprint density at radius 1 is 0.769 bits per heavy atom. The van der Waals surface area contributed by atoms with Gasteiger partial charge in [0.2, 0.25) is 20.0 Å². The van der Waals surface area contributed by atoms with Crippen LogP contribution in [0.1, 0.15) is 43.2 Å². The molecule has 26 heavy (non-hydrogen) atoms. The summed E-state index contributed by atoms with van der Waals surface area (Å²) >= 11 is 0. The summed E-state index contributed by atoms with van der Waals surface area (Å²) in [5.74, 6) is 0. The van der Waals surface area contributed by atoms with E-state index in [1.165, 1.54) is 14.2 Å². The van der Waals surface area contributed by atoms with Crippen molar-refractivity contribution in [3.05, 3.63) is 29.3 Å². The number of nitrogens with zero attached hydrogens (tertiary/aromatic N) is 2. The Labute approximate surface area is 156 Å². The molecule has 6 nitrogen and oxygen atoms in total. The fourth-order valence-electron chi connectivity index (χ4n) is 4.42. The molecule has 0 atom stereocenters. The molecule has 0 radical (unpaired) electrons. The second-order valence-electron chi connectivity index (χ2n) is 7.54. The summed E-state index contributed by atoms with van der Waals surface area (Å²) in [5, 5.41) is -0.276. The van der Waals surface area contributed by atoms with Crippen LogP contribution in [-0.4, -0.2) is 56.9 Å². The molecule has 0 aromatic heterocycles. The third kappa shape index (κ3) is 3.21. The second kappa shape index (κ2) is 6.89. The van der Waals surface area contributed by atoms with E-state index in [1.54, 1.807) is 12.1 Å². The number of hydrogen-bond donors (Lipinski definition) is 0. The molecule has 4 rings (SSSR count). The Kier molecular flexibility index (Phi) is 4.88. The standard InChI is InChI=1S/C18H26N2O4S2/c21-25(22,17-6-1-2-7-17)19-10-12-20(13-11-19)26(23,24)18-9-8-15-4-3-5-16(15)14-18/h8-9,14,17H,1-7,10-13H2. The highest BCUT2D eigenvalue weighted by atomic mass is 32.2. The number of sulfonamides is 2. The molecule has 1 aromatic rings. The molecule has 0 N–H and O–H groups in total. The Morgan fingerprint density at radius 2 is 1.38 bits per heavy atom. The van der Waals surface area contributed by atoms with Gasteiger partial charge in [-0.05, 0) is 55.4 Å². The van der Waals surface area contributed by atoms with Gasteiger partial charge in [-0.3, -0.25) is 0 Å². The average molecular weight is 399 g/mol. The largest absolute Gasteiger partial charge is 0.243 e. The first kappa shape index (κ1) is 18.4. The smallest absolute Gasteiger partial charge is 0.212 e. The van der Waals surface area contributed by atoms with E-state index in [2.05, 4.69) is 0 Å². The van der Waals surface area contributed by atoms with E-state index in [0.29, 0.717) is 4.90 Å².